The molecule has 2 aliphatic heterocycles. The molecule has 3 fully saturated rings. The number of alkyl carbamates (subject to hydrolysis) is 1. The summed E-state index contributed by atoms with van der Waals surface area (Å²) in [5.74, 6) is 0.680. The van der Waals surface area contributed by atoms with Crippen LogP contribution < -0.4 is 5.32 Å². The van der Waals surface area contributed by atoms with E-state index in [1.54, 1.807) is 12.4 Å². The summed E-state index contributed by atoms with van der Waals surface area (Å²) in [7, 11) is 0. The van der Waals surface area contributed by atoms with Crippen LogP contribution in [0, 0.1) is 18.8 Å². The summed E-state index contributed by atoms with van der Waals surface area (Å²) < 4.78 is 5.38. The molecular formula is C22H30N6O3. The lowest BCUT2D eigenvalue weighted by atomic mass is 9.64. The number of nitrogens with one attached hydrogen (secondary N) is 1. The van der Waals surface area contributed by atoms with Crippen LogP contribution in [0.15, 0.2) is 24.5 Å². The molecule has 0 spiro atoms. The molecule has 9 heteroatoms. The van der Waals surface area contributed by atoms with Crippen molar-refractivity contribution < 1.29 is 14.3 Å². The predicted molar refractivity (Wildman–Crippen MR) is 114 cm³/mol. The van der Waals surface area contributed by atoms with Gasteiger partial charge in [-0.1, -0.05) is 6.92 Å². The third-order valence-electron chi connectivity index (χ3n) is 6.19. The van der Waals surface area contributed by atoms with Crippen LogP contribution >= 0.6 is 0 Å². The van der Waals surface area contributed by atoms with Crippen LogP contribution in [-0.4, -0.2) is 61.1 Å². The number of nitrogens with zero attached hydrogens (tertiary/aromatic N) is 5. The molecule has 9 nitrogen and oxygen atoms in total. The van der Waals surface area contributed by atoms with Crippen LogP contribution in [0.25, 0.3) is 5.69 Å². The lowest BCUT2D eigenvalue weighted by molar-refractivity contribution is -0.0547. The Hall–Kier alpha value is -2.97. The predicted octanol–water partition coefficient (Wildman–Crippen LogP) is 2.73. The van der Waals surface area contributed by atoms with Gasteiger partial charge in [0.25, 0.3) is 5.91 Å². The Morgan fingerprint density at radius 1 is 1.19 bits per heavy atom. The highest BCUT2D eigenvalue weighted by atomic mass is 16.6. The molecule has 2 aromatic heterocycles. The molecule has 1 N–H and O–H groups in total. The van der Waals surface area contributed by atoms with Gasteiger partial charge in [0.2, 0.25) is 0 Å². The van der Waals surface area contributed by atoms with Crippen LogP contribution in [-0.2, 0) is 4.74 Å². The maximum atomic E-state index is 13.8. The van der Waals surface area contributed by atoms with Gasteiger partial charge < -0.3 is 15.0 Å². The zero-order valence-corrected chi connectivity index (χ0v) is 18.7. The van der Waals surface area contributed by atoms with Crippen molar-refractivity contribution in [3.63, 3.8) is 0 Å². The van der Waals surface area contributed by atoms with Crippen LogP contribution in [0.2, 0.25) is 0 Å². The largest absolute Gasteiger partial charge is 0.444 e. The van der Waals surface area contributed by atoms with Gasteiger partial charge in [0.05, 0.1) is 18.4 Å². The SMILES string of the molecule is Cc1ccc(-n2nccn2)c(C(=O)N2C3CC(C3)[C@H](C)[C@H]2CNC(=O)OC(C)(C)C)n1. The Morgan fingerprint density at radius 3 is 2.52 bits per heavy atom. The number of hydrogen-bond acceptors (Lipinski definition) is 6. The van der Waals surface area contributed by atoms with Crippen LogP contribution in [0.3, 0.4) is 0 Å². The van der Waals surface area contributed by atoms with E-state index in [4.69, 9.17) is 4.74 Å². The second-order valence-electron chi connectivity index (χ2n) is 9.55. The molecular weight excluding hydrogens is 396 g/mol. The molecule has 2 amide bonds. The minimum Gasteiger partial charge on any atom is -0.444 e. The molecule has 1 saturated carbocycles. The topological polar surface area (TPSA) is 102 Å². The van der Waals surface area contributed by atoms with E-state index < -0.39 is 11.7 Å². The molecule has 166 valence electrons. The first-order chi connectivity index (χ1) is 14.6. The summed E-state index contributed by atoms with van der Waals surface area (Å²) in [5.41, 5.74) is 1.06. The highest BCUT2D eigenvalue weighted by Gasteiger charge is 2.51. The third-order valence-corrected chi connectivity index (χ3v) is 6.19. The first-order valence-corrected chi connectivity index (χ1v) is 10.8. The van der Waals surface area contributed by atoms with Crippen LogP contribution in [0.1, 0.15) is 56.7 Å². The van der Waals surface area contributed by atoms with Gasteiger partial charge in [0.15, 0.2) is 5.69 Å². The summed E-state index contributed by atoms with van der Waals surface area (Å²) in [4.78, 5) is 33.9. The second-order valence-corrected chi connectivity index (χ2v) is 9.55. The van der Waals surface area contributed by atoms with Gasteiger partial charge in [-0.05, 0) is 64.5 Å². The fourth-order valence-electron chi connectivity index (χ4n) is 4.56. The standard InChI is InChI=1S/C22H30N6O3/c1-13-6-7-17(28-24-8-9-25-28)19(26-13)20(29)27-16-10-15(11-16)14(2)18(27)12-23-21(30)31-22(3,4)5/h6-9,14-16,18H,10-12H2,1-5H3,(H,23,30)/t14-,15?,16?,18+/m0/s1. The van der Waals surface area contributed by atoms with Crippen molar-refractivity contribution in [2.45, 2.75) is 65.1 Å². The molecule has 5 rings (SSSR count). The Morgan fingerprint density at radius 2 is 1.87 bits per heavy atom. The van der Waals surface area contributed by atoms with Crippen molar-refractivity contribution in [2.24, 2.45) is 11.8 Å². The normalized spacial score (nSPS) is 25.0. The van der Waals surface area contributed by atoms with Crippen molar-refractivity contribution in [3.05, 3.63) is 35.9 Å². The van der Waals surface area contributed by atoms with Gasteiger partial charge in [-0.2, -0.15) is 10.2 Å². The molecule has 2 atom stereocenters. The van der Waals surface area contributed by atoms with Crippen molar-refractivity contribution >= 4 is 12.0 Å². The minimum atomic E-state index is -0.572. The Balaban J connectivity index is 1.60. The van der Waals surface area contributed by atoms with Crippen LogP contribution in [0.5, 0.6) is 0 Å². The third kappa shape index (κ3) is 4.26. The van der Waals surface area contributed by atoms with E-state index >= 15 is 0 Å². The minimum absolute atomic E-state index is 0.127. The number of carbonyl (C=O) groups excluding carboxylic acids is 2. The summed E-state index contributed by atoms with van der Waals surface area (Å²) in [5, 5.41) is 11.2. The lowest BCUT2D eigenvalue weighted by Crippen LogP contribution is -2.65. The molecule has 2 bridgehead atoms. The van der Waals surface area contributed by atoms with Crippen molar-refractivity contribution in [1.82, 2.24) is 30.2 Å². The lowest BCUT2D eigenvalue weighted by Gasteiger charge is -2.57. The number of rotatable bonds is 4. The number of carbonyl (C=O) groups is 2. The Labute approximate surface area is 182 Å². The molecule has 2 aromatic rings. The Bertz CT molecular complexity index is 962. The van der Waals surface area contributed by atoms with Gasteiger partial charge in [-0.25, -0.2) is 9.78 Å². The van der Waals surface area contributed by atoms with Gasteiger partial charge in [-0.15, -0.1) is 4.80 Å². The average Bonchev–Trinajstić information content (AvgIpc) is 3.18. The van der Waals surface area contributed by atoms with E-state index in [9.17, 15) is 9.59 Å². The second kappa shape index (κ2) is 7.94. The summed E-state index contributed by atoms with van der Waals surface area (Å²) in [6, 6.07) is 3.69. The number of piperidine rings is 2. The van der Waals surface area contributed by atoms with E-state index in [2.05, 4.69) is 27.4 Å². The molecule has 31 heavy (non-hydrogen) atoms. The molecule has 0 unspecified atom stereocenters. The molecule has 0 aromatic carbocycles. The highest BCUT2D eigenvalue weighted by molar-refractivity contribution is 5.96. The molecule has 3 aliphatic rings. The maximum Gasteiger partial charge on any atom is 0.407 e. The zero-order valence-electron chi connectivity index (χ0n) is 18.7. The molecule has 2 saturated heterocycles. The first-order valence-electron chi connectivity index (χ1n) is 10.8. The summed E-state index contributed by atoms with van der Waals surface area (Å²) in [6.45, 7) is 9.84. The monoisotopic (exact) mass is 426 g/mol. The summed E-state index contributed by atoms with van der Waals surface area (Å²) in [6.07, 6.45) is 4.64. The maximum absolute atomic E-state index is 13.8. The molecule has 4 heterocycles. The van der Waals surface area contributed by atoms with E-state index in [0.717, 1.165) is 18.5 Å². The van der Waals surface area contributed by atoms with Gasteiger partial charge in [0.1, 0.15) is 11.3 Å². The van der Waals surface area contributed by atoms with Gasteiger partial charge in [-0.3, -0.25) is 4.79 Å². The number of aryl methyl sites for hydroxylation is 1. The summed E-state index contributed by atoms with van der Waals surface area (Å²) >= 11 is 0. The quantitative estimate of drug-likeness (QED) is 0.807. The molecule has 1 aliphatic carbocycles. The van der Waals surface area contributed by atoms with E-state index in [1.165, 1.54) is 4.80 Å². The number of amides is 2. The average molecular weight is 427 g/mol. The van der Waals surface area contributed by atoms with Crippen molar-refractivity contribution in [2.75, 3.05) is 6.54 Å². The first kappa shape index (κ1) is 21.3. The fraction of sp³-hybridized carbons (Fsp3) is 0.591. The van der Waals surface area contributed by atoms with E-state index in [-0.39, 0.29) is 23.9 Å². The van der Waals surface area contributed by atoms with E-state index in [1.807, 2.05) is 44.7 Å². The van der Waals surface area contributed by atoms with Crippen molar-refractivity contribution in [3.8, 4) is 5.69 Å². The smallest absolute Gasteiger partial charge is 0.407 e. The Kier molecular flexibility index (Phi) is 5.45. The zero-order chi connectivity index (χ0) is 22.3. The van der Waals surface area contributed by atoms with Gasteiger partial charge in [0, 0.05) is 18.3 Å². The number of hydrogen-bond donors (Lipinski definition) is 1. The fourth-order valence-corrected chi connectivity index (χ4v) is 4.56. The van der Waals surface area contributed by atoms with E-state index in [0.29, 0.717) is 23.8 Å². The number of ether oxygens (including phenoxy) is 1. The van der Waals surface area contributed by atoms with Crippen molar-refractivity contribution in [1.29, 1.82) is 0 Å². The number of fused-ring (bicyclic) bond motifs is 2. The van der Waals surface area contributed by atoms with Crippen LogP contribution in [0.4, 0.5) is 4.79 Å². The van der Waals surface area contributed by atoms with Gasteiger partial charge >= 0.3 is 6.09 Å². The highest BCUT2D eigenvalue weighted by Crippen LogP contribution is 2.46. The number of pyridine rings is 1. The number of aromatic nitrogens is 4. The molecule has 0 radical (unpaired) electrons.